The molecule has 0 saturated heterocycles. The number of halogens is 1. The number of rotatable bonds is 6. The lowest BCUT2D eigenvalue weighted by Gasteiger charge is -2.27. The molecule has 1 fully saturated rings. The number of aliphatic hydroxyl groups is 1. The number of hydrogen-bond acceptors (Lipinski definition) is 3. The quantitative estimate of drug-likeness (QED) is 0.848. The zero-order valence-corrected chi connectivity index (χ0v) is 13.0. The van der Waals surface area contributed by atoms with Crippen LogP contribution < -0.4 is 4.72 Å². The molecule has 4 nitrogen and oxygen atoms in total. The highest BCUT2D eigenvalue weighted by Crippen LogP contribution is 2.40. The van der Waals surface area contributed by atoms with E-state index in [1.165, 1.54) is 12.1 Å². The second-order valence-corrected chi connectivity index (χ2v) is 7.54. The van der Waals surface area contributed by atoms with E-state index in [0.717, 1.165) is 38.2 Å². The Morgan fingerprint density at radius 1 is 1.33 bits per heavy atom. The van der Waals surface area contributed by atoms with Gasteiger partial charge >= 0.3 is 0 Å². The largest absolute Gasteiger partial charge is 0.392 e. The van der Waals surface area contributed by atoms with Crippen molar-refractivity contribution in [2.24, 2.45) is 5.41 Å². The summed E-state index contributed by atoms with van der Waals surface area (Å²) >= 11 is 0. The van der Waals surface area contributed by atoms with E-state index in [9.17, 15) is 12.8 Å². The summed E-state index contributed by atoms with van der Waals surface area (Å²) in [7, 11) is -3.86. The second-order valence-electron chi connectivity index (χ2n) is 5.81. The van der Waals surface area contributed by atoms with Crippen LogP contribution in [-0.4, -0.2) is 20.1 Å². The van der Waals surface area contributed by atoms with Crippen LogP contribution in [0.5, 0.6) is 0 Å². The van der Waals surface area contributed by atoms with E-state index in [4.69, 9.17) is 5.11 Å². The Balaban J connectivity index is 2.15. The maximum atomic E-state index is 13.9. The lowest BCUT2D eigenvalue weighted by Crippen LogP contribution is -2.36. The molecule has 0 bridgehead atoms. The van der Waals surface area contributed by atoms with Crippen molar-refractivity contribution in [1.29, 1.82) is 0 Å². The van der Waals surface area contributed by atoms with Crippen molar-refractivity contribution in [3.63, 3.8) is 0 Å². The van der Waals surface area contributed by atoms with E-state index in [0.29, 0.717) is 12.1 Å². The second kappa shape index (κ2) is 6.42. The van der Waals surface area contributed by atoms with Crippen LogP contribution in [0, 0.1) is 11.2 Å². The topological polar surface area (TPSA) is 66.4 Å². The number of nitrogens with one attached hydrogen (secondary N) is 1. The zero-order chi connectivity index (χ0) is 15.5. The molecule has 118 valence electrons. The van der Waals surface area contributed by atoms with Crippen LogP contribution in [0.15, 0.2) is 23.1 Å². The Bertz CT molecular complexity index is 595. The van der Waals surface area contributed by atoms with Gasteiger partial charge in [0.15, 0.2) is 0 Å². The predicted octanol–water partition coefficient (Wildman–Crippen LogP) is 2.57. The number of hydrogen-bond donors (Lipinski definition) is 2. The van der Waals surface area contributed by atoms with Crippen molar-refractivity contribution < 1.29 is 17.9 Å². The third kappa shape index (κ3) is 3.62. The van der Waals surface area contributed by atoms with E-state index in [-0.39, 0.29) is 16.9 Å². The van der Waals surface area contributed by atoms with Gasteiger partial charge in [0.25, 0.3) is 0 Å². The summed E-state index contributed by atoms with van der Waals surface area (Å²) < 4.78 is 40.9. The number of sulfonamides is 1. The molecule has 1 aliphatic rings. The molecule has 0 atom stereocenters. The Morgan fingerprint density at radius 2 is 2.00 bits per heavy atom. The lowest BCUT2D eigenvalue weighted by atomic mass is 9.84. The van der Waals surface area contributed by atoms with E-state index in [2.05, 4.69) is 11.6 Å². The molecule has 0 aliphatic heterocycles. The number of benzene rings is 1. The summed E-state index contributed by atoms with van der Waals surface area (Å²) in [4.78, 5) is -0.357. The van der Waals surface area contributed by atoms with Crippen LogP contribution in [-0.2, 0) is 16.6 Å². The van der Waals surface area contributed by atoms with Gasteiger partial charge in [-0.1, -0.05) is 25.8 Å². The van der Waals surface area contributed by atoms with Crippen LogP contribution in [0.25, 0.3) is 0 Å². The normalized spacial score (nSPS) is 18.0. The third-order valence-corrected chi connectivity index (χ3v) is 5.95. The first-order valence-electron chi connectivity index (χ1n) is 7.31. The Hall–Kier alpha value is -0.980. The molecule has 2 rings (SSSR count). The average Bonchev–Trinajstić information content (AvgIpc) is 2.94. The van der Waals surface area contributed by atoms with Gasteiger partial charge in [0.1, 0.15) is 10.7 Å². The maximum absolute atomic E-state index is 13.9. The molecule has 1 aliphatic carbocycles. The minimum Gasteiger partial charge on any atom is -0.392 e. The standard InChI is InChI=1S/C15H22FNO3S/c1-2-15(7-3-4-8-15)11-17-21(19,20)14-6-5-12(10-18)9-13(14)16/h5-6,9,17-18H,2-4,7-8,10-11H2,1H3. The zero-order valence-electron chi connectivity index (χ0n) is 12.2. The van der Waals surface area contributed by atoms with Gasteiger partial charge in [0.2, 0.25) is 10.0 Å². The molecule has 6 heteroatoms. The highest BCUT2D eigenvalue weighted by Gasteiger charge is 2.33. The first-order valence-corrected chi connectivity index (χ1v) is 8.80. The molecule has 0 amide bonds. The fraction of sp³-hybridized carbons (Fsp3) is 0.600. The molecule has 0 radical (unpaired) electrons. The first kappa shape index (κ1) is 16.4. The summed E-state index contributed by atoms with van der Waals surface area (Å²) in [5.41, 5.74) is 0.362. The van der Waals surface area contributed by atoms with Crippen molar-refractivity contribution >= 4 is 10.0 Å². The molecule has 1 saturated carbocycles. The fourth-order valence-electron chi connectivity index (χ4n) is 2.97. The van der Waals surface area contributed by atoms with E-state index in [1.54, 1.807) is 0 Å². The van der Waals surface area contributed by atoms with Crippen molar-refractivity contribution in [3.05, 3.63) is 29.6 Å². The van der Waals surface area contributed by atoms with Crippen LogP contribution in [0.4, 0.5) is 4.39 Å². The van der Waals surface area contributed by atoms with Gasteiger partial charge in [-0.3, -0.25) is 0 Å². The summed E-state index contributed by atoms with van der Waals surface area (Å²) in [5, 5.41) is 8.94. The molecule has 0 aromatic heterocycles. The monoisotopic (exact) mass is 315 g/mol. The molecule has 0 unspecified atom stereocenters. The van der Waals surface area contributed by atoms with Gasteiger partial charge < -0.3 is 5.11 Å². The summed E-state index contributed by atoms with van der Waals surface area (Å²) in [6.07, 6.45) is 5.18. The first-order chi connectivity index (χ1) is 9.92. The van der Waals surface area contributed by atoms with E-state index < -0.39 is 15.8 Å². The van der Waals surface area contributed by atoms with Gasteiger partial charge in [-0.25, -0.2) is 17.5 Å². The molecule has 0 spiro atoms. The van der Waals surface area contributed by atoms with Crippen molar-refractivity contribution in [1.82, 2.24) is 4.72 Å². The van der Waals surface area contributed by atoms with Crippen LogP contribution >= 0.6 is 0 Å². The fourth-order valence-corrected chi connectivity index (χ4v) is 4.18. The van der Waals surface area contributed by atoms with E-state index in [1.807, 2.05) is 0 Å². The van der Waals surface area contributed by atoms with Gasteiger partial charge in [-0.05, 0) is 42.4 Å². The highest BCUT2D eigenvalue weighted by atomic mass is 32.2. The molecule has 0 heterocycles. The molecule has 1 aromatic rings. The predicted molar refractivity (Wildman–Crippen MR) is 78.7 cm³/mol. The minimum absolute atomic E-state index is 0.00852. The van der Waals surface area contributed by atoms with Crippen LogP contribution in [0.2, 0.25) is 0 Å². The van der Waals surface area contributed by atoms with Crippen molar-refractivity contribution in [2.75, 3.05) is 6.54 Å². The average molecular weight is 315 g/mol. The summed E-state index contributed by atoms with van der Waals surface area (Å²) in [6, 6.07) is 3.68. The Labute approximate surface area is 125 Å². The van der Waals surface area contributed by atoms with Crippen molar-refractivity contribution in [3.8, 4) is 0 Å². The van der Waals surface area contributed by atoms with Gasteiger partial charge in [-0.2, -0.15) is 0 Å². The SMILES string of the molecule is CCC1(CNS(=O)(=O)c2ccc(CO)cc2F)CCCC1. The smallest absolute Gasteiger partial charge is 0.243 e. The highest BCUT2D eigenvalue weighted by molar-refractivity contribution is 7.89. The molecule has 21 heavy (non-hydrogen) atoms. The molecule has 1 aromatic carbocycles. The third-order valence-electron chi connectivity index (χ3n) is 4.52. The van der Waals surface area contributed by atoms with Crippen LogP contribution in [0.3, 0.4) is 0 Å². The Morgan fingerprint density at radius 3 is 2.52 bits per heavy atom. The minimum atomic E-state index is -3.86. The Kier molecular flexibility index (Phi) is 5.01. The molecular weight excluding hydrogens is 293 g/mol. The van der Waals surface area contributed by atoms with Gasteiger partial charge in [-0.15, -0.1) is 0 Å². The maximum Gasteiger partial charge on any atom is 0.243 e. The summed E-state index contributed by atoms with van der Waals surface area (Å²) in [5.74, 6) is -0.828. The summed E-state index contributed by atoms with van der Waals surface area (Å²) in [6.45, 7) is 2.10. The number of aliphatic hydroxyl groups excluding tert-OH is 1. The lowest BCUT2D eigenvalue weighted by molar-refractivity contribution is 0.281. The van der Waals surface area contributed by atoms with Gasteiger partial charge in [0, 0.05) is 6.54 Å². The molecule has 2 N–H and O–H groups in total. The molecular formula is C15H22FNO3S. The van der Waals surface area contributed by atoms with Crippen molar-refractivity contribution in [2.45, 2.75) is 50.5 Å². The van der Waals surface area contributed by atoms with Gasteiger partial charge in [0.05, 0.1) is 6.61 Å². The van der Waals surface area contributed by atoms with Crippen LogP contribution in [0.1, 0.15) is 44.6 Å². The van der Waals surface area contributed by atoms with E-state index >= 15 is 0 Å².